The monoisotopic (exact) mass is 226 g/mol. The lowest BCUT2D eigenvalue weighted by atomic mass is 9.89. The molecule has 0 fully saturated rings. The Balaban J connectivity index is 2.09. The molecular weight excluding hydrogens is 204 g/mol. The van der Waals surface area contributed by atoms with E-state index in [1.807, 2.05) is 0 Å². The summed E-state index contributed by atoms with van der Waals surface area (Å²) >= 11 is 0. The Morgan fingerprint density at radius 2 is 1.71 bits per heavy atom. The first kappa shape index (κ1) is 12.2. The van der Waals surface area contributed by atoms with Gasteiger partial charge in [0.15, 0.2) is 0 Å². The third-order valence-corrected chi connectivity index (χ3v) is 3.39. The maximum Gasteiger partial charge on any atom is -0.0185 e. The molecule has 0 spiro atoms. The van der Waals surface area contributed by atoms with Crippen molar-refractivity contribution in [3.8, 4) is 0 Å². The van der Waals surface area contributed by atoms with E-state index in [1.165, 1.54) is 49.7 Å². The van der Waals surface area contributed by atoms with E-state index in [9.17, 15) is 0 Å². The zero-order valence-corrected chi connectivity index (χ0v) is 10.8. The van der Waals surface area contributed by atoms with Gasteiger partial charge in [-0.2, -0.15) is 0 Å². The second kappa shape index (κ2) is 6.44. The molecule has 0 N–H and O–H groups in total. The average Bonchev–Trinajstić information content (AvgIpc) is 2.41. The average molecular weight is 226 g/mol. The van der Waals surface area contributed by atoms with Gasteiger partial charge in [0.1, 0.15) is 0 Å². The van der Waals surface area contributed by atoms with E-state index in [1.54, 1.807) is 5.57 Å². The highest BCUT2D eigenvalue weighted by Crippen LogP contribution is 2.31. The van der Waals surface area contributed by atoms with Crippen molar-refractivity contribution in [2.75, 3.05) is 0 Å². The van der Waals surface area contributed by atoms with Crippen molar-refractivity contribution in [2.45, 2.75) is 45.4 Å². The Bertz CT molecular complexity index is 395. The molecule has 90 valence electrons. The highest BCUT2D eigenvalue weighted by molar-refractivity contribution is 5.79. The van der Waals surface area contributed by atoms with Crippen LogP contribution in [0.15, 0.2) is 48.1 Å². The molecule has 0 bridgehead atoms. The first-order chi connectivity index (χ1) is 8.42. The number of benzene rings is 1. The standard InChI is InChI=1S/C17H22/c1-2-3-5-10-15-13-8-9-14-17(15)16-11-6-4-7-12-16/h4,6-7,11-14H,2-3,5,8-10H2,1H3. The Labute approximate surface area is 105 Å². The van der Waals surface area contributed by atoms with Crippen molar-refractivity contribution < 1.29 is 0 Å². The van der Waals surface area contributed by atoms with Gasteiger partial charge in [0.2, 0.25) is 0 Å². The van der Waals surface area contributed by atoms with Gasteiger partial charge in [0, 0.05) is 0 Å². The first-order valence-corrected chi connectivity index (χ1v) is 6.87. The minimum Gasteiger partial charge on any atom is -0.0804 e. The lowest BCUT2D eigenvalue weighted by Gasteiger charge is -2.16. The molecular formula is C17H22. The molecule has 0 unspecified atom stereocenters. The number of unbranched alkanes of at least 4 members (excludes halogenated alkanes) is 2. The lowest BCUT2D eigenvalue weighted by molar-refractivity contribution is 0.717. The summed E-state index contributed by atoms with van der Waals surface area (Å²) in [6.45, 7) is 2.27. The molecule has 1 aliphatic carbocycles. The van der Waals surface area contributed by atoms with Crippen LogP contribution in [0.2, 0.25) is 0 Å². The number of rotatable bonds is 5. The lowest BCUT2D eigenvalue weighted by Crippen LogP contribution is -1.95. The Kier molecular flexibility index (Phi) is 4.61. The van der Waals surface area contributed by atoms with Crippen molar-refractivity contribution in [1.82, 2.24) is 0 Å². The minimum atomic E-state index is 1.20. The molecule has 17 heavy (non-hydrogen) atoms. The maximum atomic E-state index is 2.44. The molecule has 0 nitrogen and oxygen atoms in total. The first-order valence-electron chi connectivity index (χ1n) is 6.87. The van der Waals surface area contributed by atoms with Crippen LogP contribution in [0, 0.1) is 0 Å². The van der Waals surface area contributed by atoms with Gasteiger partial charge >= 0.3 is 0 Å². The van der Waals surface area contributed by atoms with Crippen molar-refractivity contribution in [3.05, 3.63) is 53.6 Å². The van der Waals surface area contributed by atoms with E-state index >= 15 is 0 Å². The summed E-state index contributed by atoms with van der Waals surface area (Å²) in [7, 11) is 0. The van der Waals surface area contributed by atoms with Gasteiger partial charge in [0.25, 0.3) is 0 Å². The summed E-state index contributed by atoms with van der Waals surface area (Å²) in [6.07, 6.45) is 12.5. The molecule has 0 atom stereocenters. The van der Waals surface area contributed by atoms with Crippen molar-refractivity contribution in [1.29, 1.82) is 0 Å². The summed E-state index contributed by atoms with van der Waals surface area (Å²) < 4.78 is 0. The molecule has 0 aromatic heterocycles. The van der Waals surface area contributed by atoms with Crippen LogP contribution in [0.3, 0.4) is 0 Å². The third kappa shape index (κ3) is 3.33. The summed E-state index contributed by atoms with van der Waals surface area (Å²) in [5, 5.41) is 0. The Morgan fingerprint density at radius 1 is 0.941 bits per heavy atom. The zero-order chi connectivity index (χ0) is 11.9. The predicted octanol–water partition coefficient (Wildman–Crippen LogP) is 5.37. The molecule has 0 saturated carbocycles. The quantitative estimate of drug-likeness (QED) is 0.592. The summed E-state index contributed by atoms with van der Waals surface area (Å²) in [5.74, 6) is 0. The van der Waals surface area contributed by atoms with Gasteiger partial charge in [-0.3, -0.25) is 0 Å². The van der Waals surface area contributed by atoms with Crippen LogP contribution < -0.4 is 0 Å². The SMILES string of the molecule is CCCCCC1=CCCC=C1c1ccccc1. The van der Waals surface area contributed by atoms with Crippen molar-refractivity contribution in [3.63, 3.8) is 0 Å². The van der Waals surface area contributed by atoms with Gasteiger partial charge in [-0.25, -0.2) is 0 Å². The highest BCUT2D eigenvalue weighted by Gasteiger charge is 2.10. The summed E-state index contributed by atoms with van der Waals surface area (Å²) in [5.41, 5.74) is 4.43. The minimum absolute atomic E-state index is 1.20. The molecule has 2 rings (SSSR count). The Hall–Kier alpha value is -1.30. The smallest absolute Gasteiger partial charge is 0.0185 e. The van der Waals surface area contributed by atoms with Crippen molar-refractivity contribution in [2.24, 2.45) is 0 Å². The van der Waals surface area contributed by atoms with E-state index in [0.717, 1.165) is 0 Å². The number of hydrogen-bond donors (Lipinski definition) is 0. The molecule has 1 aliphatic rings. The molecule has 0 amide bonds. The molecule has 1 aromatic rings. The summed E-state index contributed by atoms with van der Waals surface area (Å²) in [4.78, 5) is 0. The van der Waals surface area contributed by atoms with Crippen LogP contribution in [0.4, 0.5) is 0 Å². The van der Waals surface area contributed by atoms with Gasteiger partial charge in [-0.15, -0.1) is 0 Å². The van der Waals surface area contributed by atoms with E-state index in [4.69, 9.17) is 0 Å². The second-order valence-electron chi connectivity index (χ2n) is 4.75. The van der Waals surface area contributed by atoms with Gasteiger partial charge in [-0.1, -0.05) is 62.2 Å². The number of allylic oxidation sites excluding steroid dienone is 4. The van der Waals surface area contributed by atoms with Gasteiger partial charge in [0.05, 0.1) is 0 Å². The molecule has 0 saturated heterocycles. The van der Waals surface area contributed by atoms with Crippen LogP contribution in [0.5, 0.6) is 0 Å². The second-order valence-corrected chi connectivity index (χ2v) is 4.75. The van der Waals surface area contributed by atoms with E-state index in [0.29, 0.717) is 0 Å². The van der Waals surface area contributed by atoms with Crippen LogP contribution in [0.25, 0.3) is 5.57 Å². The zero-order valence-electron chi connectivity index (χ0n) is 10.8. The van der Waals surface area contributed by atoms with Crippen molar-refractivity contribution >= 4 is 5.57 Å². The predicted molar refractivity (Wildman–Crippen MR) is 75.9 cm³/mol. The molecule has 0 aliphatic heterocycles. The van der Waals surface area contributed by atoms with Crippen LogP contribution in [0.1, 0.15) is 51.0 Å². The van der Waals surface area contributed by atoms with Gasteiger partial charge in [-0.05, 0) is 42.4 Å². The molecule has 0 heterocycles. The highest BCUT2D eigenvalue weighted by atomic mass is 14.1. The fourth-order valence-electron chi connectivity index (χ4n) is 2.45. The largest absolute Gasteiger partial charge is 0.0804 e. The molecule has 1 aromatic carbocycles. The van der Waals surface area contributed by atoms with E-state index in [2.05, 4.69) is 49.4 Å². The van der Waals surface area contributed by atoms with Crippen LogP contribution >= 0.6 is 0 Å². The topological polar surface area (TPSA) is 0 Å². The molecule has 0 heteroatoms. The van der Waals surface area contributed by atoms with Crippen LogP contribution in [-0.4, -0.2) is 0 Å². The normalized spacial score (nSPS) is 15.4. The Morgan fingerprint density at radius 3 is 2.47 bits per heavy atom. The van der Waals surface area contributed by atoms with Gasteiger partial charge < -0.3 is 0 Å². The third-order valence-electron chi connectivity index (χ3n) is 3.39. The molecule has 0 radical (unpaired) electrons. The fourth-order valence-corrected chi connectivity index (χ4v) is 2.45. The van der Waals surface area contributed by atoms with E-state index < -0.39 is 0 Å². The maximum absolute atomic E-state index is 2.44. The fraction of sp³-hybridized carbons (Fsp3) is 0.412. The van der Waals surface area contributed by atoms with Crippen LogP contribution in [-0.2, 0) is 0 Å². The summed E-state index contributed by atoms with van der Waals surface area (Å²) in [6, 6.07) is 10.8. The van der Waals surface area contributed by atoms with E-state index in [-0.39, 0.29) is 0 Å². The number of hydrogen-bond acceptors (Lipinski definition) is 0.